The summed E-state index contributed by atoms with van der Waals surface area (Å²) in [5.41, 5.74) is 2.19. The third kappa shape index (κ3) is 5.85. The van der Waals surface area contributed by atoms with E-state index in [0.29, 0.717) is 18.4 Å². The van der Waals surface area contributed by atoms with Crippen molar-refractivity contribution >= 4 is 5.88 Å². The number of anilines is 1. The minimum atomic E-state index is 0.276. The Bertz CT molecular complexity index is 990. The lowest BCUT2D eigenvalue weighted by Crippen LogP contribution is -3.14. The Kier molecular flexibility index (Phi) is 7.16. The van der Waals surface area contributed by atoms with Gasteiger partial charge in [0.25, 0.3) is 0 Å². The number of hydrogen-bond acceptors (Lipinski definition) is 6. The van der Waals surface area contributed by atoms with Crippen LogP contribution in [0.5, 0.6) is 5.75 Å². The number of nitriles is 1. The van der Waals surface area contributed by atoms with Crippen LogP contribution in [0.3, 0.4) is 0 Å². The first-order valence-corrected chi connectivity index (χ1v) is 10.6. The highest BCUT2D eigenvalue weighted by Crippen LogP contribution is 2.27. The van der Waals surface area contributed by atoms with Crippen molar-refractivity contribution in [2.24, 2.45) is 0 Å². The molecule has 0 amide bonds. The molecule has 3 aromatic rings. The van der Waals surface area contributed by atoms with Gasteiger partial charge < -0.3 is 24.1 Å². The number of benzene rings is 2. The molecule has 0 spiro atoms. The molecule has 1 aromatic heterocycles. The first-order chi connectivity index (χ1) is 15.3. The van der Waals surface area contributed by atoms with Crippen LogP contribution >= 0.6 is 0 Å². The predicted octanol–water partition coefficient (Wildman–Crippen LogP) is 2.51. The summed E-state index contributed by atoms with van der Waals surface area (Å²) < 4.78 is 17.1. The van der Waals surface area contributed by atoms with Crippen molar-refractivity contribution in [3.8, 4) is 23.3 Å². The number of nitrogens with zero attached hydrogens (tertiary/aromatic N) is 2. The van der Waals surface area contributed by atoms with E-state index in [1.165, 1.54) is 0 Å². The van der Waals surface area contributed by atoms with E-state index in [2.05, 4.69) is 16.4 Å². The van der Waals surface area contributed by atoms with Gasteiger partial charge in [0.05, 0.1) is 19.8 Å². The molecule has 1 aliphatic heterocycles. The molecule has 2 N–H and O–H groups in total. The van der Waals surface area contributed by atoms with Crippen LogP contribution in [0.4, 0.5) is 5.88 Å². The molecule has 4 rings (SSSR count). The van der Waals surface area contributed by atoms with Gasteiger partial charge in [-0.15, -0.1) is 0 Å². The van der Waals surface area contributed by atoms with E-state index in [1.54, 1.807) is 4.90 Å². The van der Waals surface area contributed by atoms with Gasteiger partial charge in [0.15, 0.2) is 0 Å². The highest BCUT2D eigenvalue weighted by atomic mass is 16.5. The Morgan fingerprint density at radius 3 is 2.58 bits per heavy atom. The first-order valence-electron chi connectivity index (χ1n) is 10.6. The lowest BCUT2D eigenvalue weighted by Gasteiger charge is -2.23. The maximum atomic E-state index is 9.41. The van der Waals surface area contributed by atoms with Gasteiger partial charge in [-0.3, -0.25) is 0 Å². The van der Waals surface area contributed by atoms with Crippen LogP contribution in [0.2, 0.25) is 0 Å². The summed E-state index contributed by atoms with van der Waals surface area (Å²) in [7, 11) is 0. The summed E-state index contributed by atoms with van der Waals surface area (Å²) in [5, 5.41) is 12.6. The van der Waals surface area contributed by atoms with Gasteiger partial charge in [0, 0.05) is 18.5 Å². The summed E-state index contributed by atoms with van der Waals surface area (Å²) in [4.78, 5) is 5.89. The Labute approximate surface area is 182 Å². The minimum Gasteiger partial charge on any atom is -0.489 e. The number of oxazole rings is 1. The summed E-state index contributed by atoms with van der Waals surface area (Å²) in [6, 6.07) is 19.7. The average Bonchev–Trinajstić information content (AvgIpc) is 3.25. The molecular formula is C24H27N4O3+. The van der Waals surface area contributed by atoms with Crippen molar-refractivity contribution in [2.45, 2.75) is 13.0 Å². The molecule has 2 heterocycles. The first kappa shape index (κ1) is 20.9. The topological polar surface area (TPSA) is 84.8 Å². The molecule has 7 heteroatoms. The van der Waals surface area contributed by atoms with Crippen molar-refractivity contribution in [1.29, 1.82) is 5.26 Å². The normalized spacial score (nSPS) is 14.2. The van der Waals surface area contributed by atoms with Crippen LogP contribution in [0.15, 0.2) is 59.0 Å². The second-order valence-electron chi connectivity index (χ2n) is 7.50. The number of aromatic nitrogens is 1. The number of rotatable bonds is 9. The zero-order valence-electron chi connectivity index (χ0n) is 17.5. The molecule has 7 nitrogen and oxygen atoms in total. The van der Waals surface area contributed by atoms with Crippen LogP contribution in [-0.4, -0.2) is 44.4 Å². The van der Waals surface area contributed by atoms with Crippen molar-refractivity contribution in [3.05, 3.63) is 65.9 Å². The van der Waals surface area contributed by atoms with E-state index < -0.39 is 0 Å². The zero-order chi connectivity index (χ0) is 21.3. The summed E-state index contributed by atoms with van der Waals surface area (Å²) in [6.07, 6.45) is 0.990. The molecule has 160 valence electrons. The van der Waals surface area contributed by atoms with Gasteiger partial charge in [-0.05, 0) is 29.8 Å². The van der Waals surface area contributed by atoms with Crippen LogP contribution in [0.25, 0.3) is 11.5 Å². The summed E-state index contributed by atoms with van der Waals surface area (Å²) >= 11 is 0. The molecule has 0 saturated carbocycles. The fraction of sp³-hybridized carbons (Fsp3) is 0.333. The quantitative estimate of drug-likeness (QED) is 0.519. The molecule has 0 aliphatic carbocycles. The van der Waals surface area contributed by atoms with E-state index in [1.807, 2.05) is 54.6 Å². The lowest BCUT2D eigenvalue weighted by atomic mass is 10.2. The summed E-state index contributed by atoms with van der Waals surface area (Å²) in [6.45, 7) is 6.11. The van der Waals surface area contributed by atoms with E-state index in [0.717, 1.165) is 62.7 Å². The minimum absolute atomic E-state index is 0.276. The van der Waals surface area contributed by atoms with Gasteiger partial charge in [-0.25, -0.2) is 0 Å². The number of quaternary nitrogens is 1. The molecule has 1 aliphatic rings. The van der Waals surface area contributed by atoms with Gasteiger partial charge in [-0.1, -0.05) is 30.3 Å². The van der Waals surface area contributed by atoms with Crippen LogP contribution in [-0.2, 0) is 11.3 Å². The molecule has 0 radical (unpaired) electrons. The molecule has 31 heavy (non-hydrogen) atoms. The number of morpholine rings is 1. The SMILES string of the molecule is N#Cc1nc(-c2ccc(OCc3ccccc3)cc2)oc1NCCC[NH+]1CCOCC1. The molecule has 0 unspecified atom stereocenters. The second kappa shape index (κ2) is 10.6. The second-order valence-corrected chi connectivity index (χ2v) is 7.50. The number of hydrogen-bond donors (Lipinski definition) is 2. The fourth-order valence-electron chi connectivity index (χ4n) is 3.52. The van der Waals surface area contributed by atoms with Crippen molar-refractivity contribution in [1.82, 2.24) is 4.98 Å². The number of ether oxygens (including phenoxy) is 2. The lowest BCUT2D eigenvalue weighted by molar-refractivity contribution is -0.908. The van der Waals surface area contributed by atoms with E-state index >= 15 is 0 Å². The highest BCUT2D eigenvalue weighted by Gasteiger charge is 2.16. The number of nitrogens with one attached hydrogen (secondary N) is 2. The molecule has 1 saturated heterocycles. The maximum Gasteiger partial charge on any atom is 0.232 e. The maximum absolute atomic E-state index is 9.41. The standard InChI is InChI=1S/C24H26N4O3/c25-17-22-24(26-11-4-12-28-13-15-29-16-14-28)31-23(27-22)20-7-9-21(10-8-20)30-18-19-5-2-1-3-6-19/h1-3,5-10,26H,4,11-16,18H2/p+1. The molecule has 0 bridgehead atoms. The summed E-state index contributed by atoms with van der Waals surface area (Å²) in [5.74, 6) is 1.62. The Morgan fingerprint density at radius 1 is 1.06 bits per heavy atom. The fourth-order valence-corrected chi connectivity index (χ4v) is 3.52. The highest BCUT2D eigenvalue weighted by molar-refractivity contribution is 5.59. The third-order valence-electron chi connectivity index (χ3n) is 5.28. The van der Waals surface area contributed by atoms with Crippen molar-refractivity contribution in [2.75, 3.05) is 44.7 Å². The van der Waals surface area contributed by atoms with Crippen LogP contribution < -0.4 is 15.0 Å². The van der Waals surface area contributed by atoms with E-state index in [9.17, 15) is 5.26 Å². The van der Waals surface area contributed by atoms with Crippen molar-refractivity contribution in [3.63, 3.8) is 0 Å². The average molecular weight is 420 g/mol. The Morgan fingerprint density at radius 2 is 1.84 bits per heavy atom. The predicted molar refractivity (Wildman–Crippen MR) is 117 cm³/mol. The smallest absolute Gasteiger partial charge is 0.232 e. The zero-order valence-corrected chi connectivity index (χ0v) is 17.5. The van der Waals surface area contributed by atoms with Crippen LogP contribution in [0.1, 0.15) is 17.7 Å². The monoisotopic (exact) mass is 419 g/mol. The van der Waals surface area contributed by atoms with E-state index in [4.69, 9.17) is 13.9 Å². The van der Waals surface area contributed by atoms with Gasteiger partial charge in [-0.2, -0.15) is 10.2 Å². The van der Waals surface area contributed by atoms with Gasteiger partial charge in [0.1, 0.15) is 31.5 Å². The third-order valence-corrected chi connectivity index (χ3v) is 5.28. The van der Waals surface area contributed by atoms with Gasteiger partial charge >= 0.3 is 0 Å². The molecular weight excluding hydrogens is 392 g/mol. The van der Waals surface area contributed by atoms with Crippen LogP contribution in [0, 0.1) is 11.3 Å². The molecule has 1 fully saturated rings. The Balaban J connectivity index is 1.31. The Hall–Kier alpha value is -3.34. The van der Waals surface area contributed by atoms with Crippen molar-refractivity contribution < 1.29 is 18.8 Å². The molecule has 0 atom stereocenters. The van der Waals surface area contributed by atoms with E-state index in [-0.39, 0.29) is 5.69 Å². The largest absolute Gasteiger partial charge is 0.489 e. The van der Waals surface area contributed by atoms with Gasteiger partial charge in [0.2, 0.25) is 17.5 Å². The molecule has 2 aromatic carbocycles.